The monoisotopic (exact) mass is 183 g/mol. The summed E-state index contributed by atoms with van der Waals surface area (Å²) in [6.07, 6.45) is 2.81. The number of alkyl halides is 2. The maximum atomic E-state index is 10.2. The van der Waals surface area contributed by atoms with Gasteiger partial charge in [-0.3, -0.25) is 4.79 Å². The summed E-state index contributed by atoms with van der Waals surface area (Å²) in [6, 6.07) is 0. The second-order valence-electron chi connectivity index (χ2n) is 2.10. The highest BCUT2D eigenvalue weighted by Gasteiger charge is 1.99. The van der Waals surface area contributed by atoms with Crippen LogP contribution in [-0.2, 0) is 4.79 Å². The van der Waals surface area contributed by atoms with Gasteiger partial charge in [-0.25, -0.2) is 0 Å². The molecular weight excluding hydrogens is 173 g/mol. The fourth-order valence-corrected chi connectivity index (χ4v) is 0.906. The van der Waals surface area contributed by atoms with Crippen LogP contribution in [0.5, 0.6) is 0 Å². The smallest absolute Gasteiger partial charge is 0.217 e. The highest BCUT2D eigenvalue weighted by Crippen LogP contribution is 2.11. The van der Waals surface area contributed by atoms with Crippen molar-refractivity contribution < 1.29 is 4.79 Å². The predicted octanol–water partition coefficient (Wildman–Crippen LogP) is 1.84. The van der Waals surface area contributed by atoms with E-state index in [1.165, 1.54) is 0 Å². The van der Waals surface area contributed by atoms with Gasteiger partial charge in [-0.15, -0.1) is 23.2 Å². The molecule has 0 rings (SSSR count). The summed E-state index contributed by atoms with van der Waals surface area (Å²) in [6.45, 7) is 0. The summed E-state index contributed by atoms with van der Waals surface area (Å²) >= 11 is 10.9. The first-order chi connectivity index (χ1) is 4.63. The van der Waals surface area contributed by atoms with E-state index in [9.17, 15) is 4.79 Å². The van der Waals surface area contributed by atoms with E-state index in [0.717, 1.165) is 19.3 Å². The number of carbonyl (C=O) groups excluding carboxylic acids is 1. The van der Waals surface area contributed by atoms with Crippen LogP contribution in [0.2, 0.25) is 0 Å². The lowest BCUT2D eigenvalue weighted by atomic mass is 10.2. The van der Waals surface area contributed by atoms with Crippen LogP contribution in [0.3, 0.4) is 0 Å². The first-order valence-corrected chi connectivity index (χ1v) is 4.06. The van der Waals surface area contributed by atoms with E-state index >= 15 is 0 Å². The summed E-state index contributed by atoms with van der Waals surface area (Å²) in [5.41, 5.74) is 4.90. The summed E-state index contributed by atoms with van der Waals surface area (Å²) in [5.74, 6) is -0.263. The van der Waals surface area contributed by atoms with Crippen molar-refractivity contribution in [1.29, 1.82) is 0 Å². The van der Waals surface area contributed by atoms with Crippen LogP contribution in [0.4, 0.5) is 0 Å². The number of nitrogens with two attached hydrogens (primary N) is 1. The fraction of sp³-hybridized carbons (Fsp3) is 0.833. The number of hydrogen-bond acceptors (Lipinski definition) is 1. The van der Waals surface area contributed by atoms with Gasteiger partial charge >= 0.3 is 0 Å². The molecule has 2 N–H and O–H groups in total. The minimum Gasteiger partial charge on any atom is -0.370 e. The second-order valence-corrected chi connectivity index (χ2v) is 3.38. The molecule has 60 valence electrons. The largest absolute Gasteiger partial charge is 0.370 e. The SMILES string of the molecule is NC(=O)CCCCC(Cl)Cl. The normalized spacial score (nSPS) is 10.3. The molecule has 0 radical (unpaired) electrons. The molecule has 0 saturated heterocycles. The van der Waals surface area contributed by atoms with Crippen molar-refractivity contribution in [3.63, 3.8) is 0 Å². The number of amides is 1. The van der Waals surface area contributed by atoms with Gasteiger partial charge in [0.2, 0.25) is 5.91 Å². The molecule has 0 aromatic carbocycles. The molecule has 0 aliphatic rings. The first kappa shape index (κ1) is 10.0. The Bertz CT molecular complexity index is 106. The molecule has 0 aromatic heterocycles. The number of hydrogen-bond donors (Lipinski definition) is 1. The van der Waals surface area contributed by atoms with E-state index in [1.54, 1.807) is 0 Å². The van der Waals surface area contributed by atoms with Gasteiger partial charge < -0.3 is 5.73 Å². The van der Waals surface area contributed by atoms with Crippen LogP contribution in [-0.4, -0.2) is 10.7 Å². The van der Waals surface area contributed by atoms with E-state index in [2.05, 4.69) is 0 Å². The molecule has 0 bridgehead atoms. The highest BCUT2D eigenvalue weighted by molar-refractivity contribution is 6.44. The Hall–Kier alpha value is 0.0500. The van der Waals surface area contributed by atoms with E-state index in [0.29, 0.717) is 6.42 Å². The zero-order chi connectivity index (χ0) is 7.98. The molecule has 0 heterocycles. The predicted molar refractivity (Wildman–Crippen MR) is 43.2 cm³/mol. The molecule has 0 fully saturated rings. The number of rotatable bonds is 5. The fourth-order valence-electron chi connectivity index (χ4n) is 0.598. The third kappa shape index (κ3) is 8.05. The second kappa shape index (κ2) is 5.81. The Morgan fingerprint density at radius 2 is 2.00 bits per heavy atom. The molecule has 4 heteroatoms. The first-order valence-electron chi connectivity index (χ1n) is 3.19. The van der Waals surface area contributed by atoms with E-state index in [4.69, 9.17) is 28.9 Å². The van der Waals surface area contributed by atoms with E-state index in [-0.39, 0.29) is 10.7 Å². The molecule has 1 amide bonds. The maximum Gasteiger partial charge on any atom is 0.217 e. The Morgan fingerprint density at radius 1 is 1.40 bits per heavy atom. The van der Waals surface area contributed by atoms with Crippen molar-refractivity contribution in [2.75, 3.05) is 0 Å². The van der Waals surface area contributed by atoms with E-state index in [1.807, 2.05) is 0 Å². The van der Waals surface area contributed by atoms with Gasteiger partial charge in [0.05, 0.1) is 0 Å². The minimum atomic E-state index is -0.312. The van der Waals surface area contributed by atoms with Crippen LogP contribution in [0.25, 0.3) is 0 Å². The Balaban J connectivity index is 2.98. The van der Waals surface area contributed by atoms with Crippen LogP contribution in [0.15, 0.2) is 0 Å². The summed E-state index contributed by atoms with van der Waals surface area (Å²) in [7, 11) is 0. The molecule has 0 unspecified atom stereocenters. The van der Waals surface area contributed by atoms with Crippen molar-refractivity contribution in [3.8, 4) is 0 Å². The molecule has 0 aliphatic carbocycles. The van der Waals surface area contributed by atoms with Crippen LogP contribution in [0.1, 0.15) is 25.7 Å². The van der Waals surface area contributed by atoms with Gasteiger partial charge in [0, 0.05) is 6.42 Å². The van der Waals surface area contributed by atoms with Crippen LogP contribution >= 0.6 is 23.2 Å². The third-order valence-electron chi connectivity index (χ3n) is 1.10. The lowest BCUT2D eigenvalue weighted by Crippen LogP contribution is -2.09. The van der Waals surface area contributed by atoms with Crippen LogP contribution < -0.4 is 5.73 Å². The van der Waals surface area contributed by atoms with Gasteiger partial charge in [0.25, 0.3) is 0 Å². The van der Waals surface area contributed by atoms with Crippen molar-refractivity contribution in [1.82, 2.24) is 0 Å². The molecule has 0 spiro atoms. The van der Waals surface area contributed by atoms with Crippen molar-refractivity contribution in [2.45, 2.75) is 30.5 Å². The average Bonchev–Trinajstić information content (AvgIpc) is 1.79. The van der Waals surface area contributed by atoms with Gasteiger partial charge in [0.15, 0.2) is 0 Å². The quantitative estimate of drug-likeness (QED) is 0.514. The molecule has 0 saturated carbocycles. The zero-order valence-corrected chi connectivity index (χ0v) is 7.16. The maximum absolute atomic E-state index is 10.2. The van der Waals surface area contributed by atoms with Crippen molar-refractivity contribution >= 4 is 29.1 Å². The number of primary amides is 1. The van der Waals surface area contributed by atoms with Gasteiger partial charge in [0.1, 0.15) is 4.84 Å². The molecular formula is C6H11Cl2NO. The highest BCUT2D eigenvalue weighted by atomic mass is 35.5. The van der Waals surface area contributed by atoms with Crippen LogP contribution in [0, 0.1) is 0 Å². The van der Waals surface area contributed by atoms with Gasteiger partial charge in [-0.05, 0) is 12.8 Å². The lowest BCUT2D eigenvalue weighted by Gasteiger charge is -1.98. The summed E-state index contributed by atoms with van der Waals surface area (Å²) in [5, 5.41) is 0. The summed E-state index contributed by atoms with van der Waals surface area (Å²) in [4.78, 5) is 9.89. The molecule has 0 aliphatic heterocycles. The Morgan fingerprint density at radius 3 is 2.40 bits per heavy atom. The third-order valence-corrected chi connectivity index (χ3v) is 1.53. The number of carbonyl (C=O) groups is 1. The lowest BCUT2D eigenvalue weighted by molar-refractivity contribution is -0.118. The Labute approximate surface area is 70.7 Å². The van der Waals surface area contributed by atoms with E-state index < -0.39 is 0 Å². The zero-order valence-electron chi connectivity index (χ0n) is 5.65. The Kier molecular flexibility index (Phi) is 5.84. The molecule has 10 heavy (non-hydrogen) atoms. The van der Waals surface area contributed by atoms with Crippen molar-refractivity contribution in [2.24, 2.45) is 5.73 Å². The molecule has 0 aromatic rings. The van der Waals surface area contributed by atoms with Gasteiger partial charge in [-0.2, -0.15) is 0 Å². The molecule has 0 atom stereocenters. The number of unbranched alkanes of at least 4 members (excludes halogenated alkanes) is 1. The van der Waals surface area contributed by atoms with Gasteiger partial charge in [-0.1, -0.05) is 6.42 Å². The standard InChI is InChI=1S/C6H11Cl2NO/c7-5(8)3-1-2-4-6(9)10/h5H,1-4H2,(H2,9,10). The summed E-state index contributed by atoms with van der Waals surface area (Å²) < 4.78 is 0. The minimum absolute atomic E-state index is 0.263. The average molecular weight is 184 g/mol. The molecule has 2 nitrogen and oxygen atoms in total. The topological polar surface area (TPSA) is 43.1 Å². The number of halogens is 2. The van der Waals surface area contributed by atoms with Crippen molar-refractivity contribution in [3.05, 3.63) is 0 Å².